The fourth-order valence-corrected chi connectivity index (χ4v) is 2.00. The Morgan fingerprint density at radius 3 is 2.88 bits per heavy atom. The van der Waals surface area contributed by atoms with Crippen LogP contribution in [0.5, 0.6) is 5.75 Å². The third kappa shape index (κ3) is 2.64. The summed E-state index contributed by atoms with van der Waals surface area (Å²) in [6, 6.07) is 0. The van der Waals surface area contributed by atoms with Crippen molar-refractivity contribution in [3.8, 4) is 5.75 Å². The summed E-state index contributed by atoms with van der Waals surface area (Å²) in [6.45, 7) is 2.75. The van der Waals surface area contributed by atoms with Gasteiger partial charge in [-0.2, -0.15) is 5.10 Å². The number of methoxy groups -OCH3 is 1. The van der Waals surface area contributed by atoms with Crippen molar-refractivity contribution < 1.29 is 4.74 Å². The van der Waals surface area contributed by atoms with Crippen LogP contribution in [0, 0.1) is 0 Å². The van der Waals surface area contributed by atoms with E-state index in [2.05, 4.69) is 30.5 Å². The van der Waals surface area contributed by atoms with E-state index in [1.807, 2.05) is 6.92 Å². The molecule has 0 radical (unpaired) electrons. The highest BCUT2D eigenvalue weighted by Crippen LogP contribution is 2.34. The second-order valence-electron chi connectivity index (χ2n) is 2.98. The quantitative estimate of drug-likeness (QED) is 0.772. The fourth-order valence-electron chi connectivity index (χ4n) is 1.24. The van der Waals surface area contributed by atoms with Gasteiger partial charge in [0.25, 0.3) is 0 Å². The molecule has 2 aromatic rings. The minimum atomic E-state index is 0.607. The average molecular weight is 252 g/mol. The van der Waals surface area contributed by atoms with Crippen molar-refractivity contribution in [1.82, 2.24) is 25.1 Å². The Balaban J connectivity index is 2.29. The van der Waals surface area contributed by atoms with Crippen LogP contribution in [-0.4, -0.2) is 38.8 Å². The molecule has 0 aromatic carbocycles. The van der Waals surface area contributed by atoms with Gasteiger partial charge in [-0.25, -0.2) is 15.0 Å². The summed E-state index contributed by atoms with van der Waals surface area (Å²) in [5.74, 6) is 1.28. The second-order valence-corrected chi connectivity index (χ2v) is 3.96. The van der Waals surface area contributed by atoms with Gasteiger partial charge in [-0.3, -0.25) is 5.10 Å². The largest absolute Gasteiger partial charge is 0.490 e. The number of nitrogens with zero attached hydrogens (tertiary/aromatic N) is 4. The zero-order valence-corrected chi connectivity index (χ0v) is 10.3. The van der Waals surface area contributed by atoms with E-state index >= 15 is 0 Å². The van der Waals surface area contributed by atoms with Gasteiger partial charge in [-0.15, -0.1) is 0 Å². The number of hydrogen-bond donors (Lipinski definition) is 2. The predicted molar refractivity (Wildman–Crippen MR) is 63.3 cm³/mol. The Morgan fingerprint density at radius 1 is 1.35 bits per heavy atom. The van der Waals surface area contributed by atoms with E-state index in [1.165, 1.54) is 24.4 Å². The van der Waals surface area contributed by atoms with E-state index in [4.69, 9.17) is 4.74 Å². The van der Waals surface area contributed by atoms with Crippen LogP contribution in [-0.2, 0) is 0 Å². The van der Waals surface area contributed by atoms with Crippen molar-refractivity contribution in [2.75, 3.05) is 19.0 Å². The van der Waals surface area contributed by atoms with Gasteiger partial charge in [-0.1, -0.05) is 0 Å². The number of rotatable bonds is 5. The molecule has 0 bridgehead atoms. The van der Waals surface area contributed by atoms with Gasteiger partial charge in [0.15, 0.2) is 21.7 Å². The Hall–Kier alpha value is -1.83. The normalized spacial score (nSPS) is 10.2. The van der Waals surface area contributed by atoms with Crippen molar-refractivity contribution >= 4 is 17.6 Å². The maximum atomic E-state index is 5.31. The summed E-state index contributed by atoms with van der Waals surface area (Å²) in [5.41, 5.74) is 0. The lowest BCUT2D eigenvalue weighted by Crippen LogP contribution is -2.03. The molecule has 0 fully saturated rings. The molecule has 0 atom stereocenters. The van der Waals surface area contributed by atoms with E-state index in [-0.39, 0.29) is 0 Å². The number of anilines is 1. The van der Waals surface area contributed by atoms with Gasteiger partial charge in [0, 0.05) is 6.54 Å². The zero-order chi connectivity index (χ0) is 12.1. The SMILES string of the molecule is CCNc1ncnc(Sc2ncn[nH]2)c1OC. The number of aromatic nitrogens is 5. The van der Waals surface area contributed by atoms with E-state index in [0.717, 1.165) is 6.54 Å². The number of ether oxygens (including phenoxy) is 1. The summed E-state index contributed by atoms with van der Waals surface area (Å²) < 4.78 is 5.31. The van der Waals surface area contributed by atoms with Crippen LogP contribution in [0.4, 0.5) is 5.82 Å². The molecule has 0 aliphatic carbocycles. The third-order valence-electron chi connectivity index (χ3n) is 1.91. The van der Waals surface area contributed by atoms with Gasteiger partial charge in [0.05, 0.1) is 7.11 Å². The molecule has 0 saturated heterocycles. The molecule has 2 rings (SSSR count). The summed E-state index contributed by atoms with van der Waals surface area (Å²) in [4.78, 5) is 12.3. The van der Waals surface area contributed by atoms with Crippen molar-refractivity contribution in [2.45, 2.75) is 17.1 Å². The Labute approximate surface area is 102 Å². The van der Waals surface area contributed by atoms with Crippen LogP contribution in [0.25, 0.3) is 0 Å². The van der Waals surface area contributed by atoms with Crippen LogP contribution >= 0.6 is 11.8 Å². The molecule has 2 aromatic heterocycles. The average Bonchev–Trinajstić information content (AvgIpc) is 2.83. The Kier molecular flexibility index (Phi) is 3.76. The van der Waals surface area contributed by atoms with Crippen molar-refractivity contribution in [2.24, 2.45) is 0 Å². The number of nitrogens with one attached hydrogen (secondary N) is 2. The van der Waals surface area contributed by atoms with Crippen LogP contribution in [0.3, 0.4) is 0 Å². The summed E-state index contributed by atoms with van der Waals surface area (Å²) in [7, 11) is 1.59. The molecule has 0 amide bonds. The first kappa shape index (κ1) is 11.6. The smallest absolute Gasteiger partial charge is 0.194 e. The number of hydrogen-bond acceptors (Lipinski definition) is 7. The first-order valence-electron chi connectivity index (χ1n) is 5.01. The van der Waals surface area contributed by atoms with Crippen molar-refractivity contribution in [1.29, 1.82) is 0 Å². The lowest BCUT2D eigenvalue weighted by molar-refractivity contribution is 0.400. The molecule has 7 nitrogen and oxygen atoms in total. The zero-order valence-electron chi connectivity index (χ0n) is 9.47. The van der Waals surface area contributed by atoms with Gasteiger partial charge in [0.1, 0.15) is 12.7 Å². The fraction of sp³-hybridized carbons (Fsp3) is 0.333. The van der Waals surface area contributed by atoms with Crippen molar-refractivity contribution in [3.05, 3.63) is 12.7 Å². The predicted octanol–water partition coefficient (Wildman–Crippen LogP) is 1.19. The topological polar surface area (TPSA) is 88.6 Å². The van der Waals surface area contributed by atoms with Crippen LogP contribution < -0.4 is 10.1 Å². The Morgan fingerprint density at radius 2 is 2.24 bits per heavy atom. The standard InChI is InChI=1S/C9H12N6OS/c1-3-10-7-6(16-2)8(12-4-11-7)17-9-13-5-14-15-9/h4-5H,3H2,1-2H3,(H,10,11,12)(H,13,14,15). The highest BCUT2D eigenvalue weighted by Gasteiger charge is 2.13. The van der Waals surface area contributed by atoms with Crippen LogP contribution in [0.1, 0.15) is 6.92 Å². The number of H-pyrrole nitrogens is 1. The lowest BCUT2D eigenvalue weighted by Gasteiger charge is -2.10. The highest BCUT2D eigenvalue weighted by molar-refractivity contribution is 7.99. The molecule has 17 heavy (non-hydrogen) atoms. The van der Waals surface area contributed by atoms with Gasteiger partial charge in [0.2, 0.25) is 0 Å². The summed E-state index contributed by atoms with van der Waals surface area (Å²) in [5, 5.41) is 11.0. The summed E-state index contributed by atoms with van der Waals surface area (Å²) in [6.07, 6.45) is 2.93. The maximum absolute atomic E-state index is 5.31. The highest BCUT2D eigenvalue weighted by atomic mass is 32.2. The Bertz CT molecular complexity index is 474. The minimum Gasteiger partial charge on any atom is -0.490 e. The van der Waals surface area contributed by atoms with Crippen LogP contribution in [0.2, 0.25) is 0 Å². The van der Waals surface area contributed by atoms with E-state index in [0.29, 0.717) is 21.7 Å². The van der Waals surface area contributed by atoms with E-state index < -0.39 is 0 Å². The second kappa shape index (κ2) is 5.48. The third-order valence-corrected chi connectivity index (χ3v) is 2.78. The monoisotopic (exact) mass is 252 g/mol. The molecule has 0 aliphatic rings. The van der Waals surface area contributed by atoms with Gasteiger partial charge >= 0.3 is 0 Å². The molecule has 8 heteroatoms. The molecule has 0 aliphatic heterocycles. The summed E-state index contributed by atoms with van der Waals surface area (Å²) >= 11 is 1.34. The number of aromatic amines is 1. The van der Waals surface area contributed by atoms with E-state index in [9.17, 15) is 0 Å². The van der Waals surface area contributed by atoms with E-state index in [1.54, 1.807) is 7.11 Å². The minimum absolute atomic E-state index is 0.607. The molecule has 0 saturated carbocycles. The molecule has 0 unspecified atom stereocenters. The molecular weight excluding hydrogens is 240 g/mol. The van der Waals surface area contributed by atoms with Crippen molar-refractivity contribution in [3.63, 3.8) is 0 Å². The van der Waals surface area contributed by atoms with Gasteiger partial charge in [-0.05, 0) is 18.7 Å². The first-order chi connectivity index (χ1) is 8.35. The molecule has 0 spiro atoms. The lowest BCUT2D eigenvalue weighted by atomic mass is 10.5. The first-order valence-corrected chi connectivity index (χ1v) is 5.83. The molecular formula is C9H12N6OS. The molecule has 2 N–H and O–H groups in total. The van der Waals surface area contributed by atoms with Gasteiger partial charge < -0.3 is 10.1 Å². The van der Waals surface area contributed by atoms with Crippen LogP contribution in [0.15, 0.2) is 22.8 Å². The molecule has 90 valence electrons. The molecule has 2 heterocycles. The maximum Gasteiger partial charge on any atom is 0.194 e.